The second-order valence-corrected chi connectivity index (χ2v) is 4.26. The summed E-state index contributed by atoms with van der Waals surface area (Å²) in [5, 5.41) is 3.13. The largest absolute Gasteiger partial charge is 0.461 e. The summed E-state index contributed by atoms with van der Waals surface area (Å²) >= 11 is 0. The molecule has 1 aromatic rings. The van der Waals surface area contributed by atoms with Crippen molar-refractivity contribution in [1.29, 1.82) is 0 Å². The summed E-state index contributed by atoms with van der Waals surface area (Å²) in [6.07, 6.45) is -3.65. The number of nitrogens with one attached hydrogen (secondary N) is 1. The fourth-order valence-electron chi connectivity index (χ4n) is 1.71. The van der Waals surface area contributed by atoms with Crippen molar-refractivity contribution in [2.24, 2.45) is 0 Å². The molecule has 0 saturated carbocycles. The highest BCUT2D eigenvalue weighted by Crippen LogP contribution is 2.27. The zero-order valence-corrected chi connectivity index (χ0v) is 10.3. The van der Waals surface area contributed by atoms with Gasteiger partial charge in [0, 0.05) is 19.3 Å². The maximum absolute atomic E-state index is 12.4. The lowest BCUT2D eigenvalue weighted by atomic mass is 10.2. The fraction of sp³-hybridized carbons (Fsp3) is 0.636. The van der Waals surface area contributed by atoms with Gasteiger partial charge in [-0.25, -0.2) is 4.98 Å². The standard InChI is InChI=1S/C11H14F3N3O2/c1-7-4-15-5-8(19-7)6-18-10-16-3-2-9(17-10)11(12,13)14/h2-3,7-8,15H,4-6H2,1H3. The number of ether oxygens (including phenoxy) is 2. The maximum atomic E-state index is 12.4. The van der Waals surface area contributed by atoms with Crippen LogP contribution in [0.25, 0.3) is 0 Å². The molecule has 19 heavy (non-hydrogen) atoms. The van der Waals surface area contributed by atoms with Crippen molar-refractivity contribution < 1.29 is 22.6 Å². The van der Waals surface area contributed by atoms with Crippen LogP contribution >= 0.6 is 0 Å². The average molecular weight is 277 g/mol. The van der Waals surface area contributed by atoms with Gasteiger partial charge >= 0.3 is 12.2 Å². The minimum absolute atomic E-state index is 0.0461. The lowest BCUT2D eigenvalue weighted by molar-refractivity contribution is -0.141. The van der Waals surface area contributed by atoms with Crippen molar-refractivity contribution in [2.75, 3.05) is 19.7 Å². The highest BCUT2D eigenvalue weighted by molar-refractivity contribution is 5.08. The molecule has 0 radical (unpaired) electrons. The highest BCUT2D eigenvalue weighted by Gasteiger charge is 2.33. The third-order valence-electron chi connectivity index (χ3n) is 2.55. The van der Waals surface area contributed by atoms with Crippen LogP contribution in [-0.2, 0) is 10.9 Å². The van der Waals surface area contributed by atoms with Gasteiger partial charge in [-0.1, -0.05) is 0 Å². The normalized spacial score (nSPS) is 24.2. The molecule has 8 heteroatoms. The van der Waals surface area contributed by atoms with Gasteiger partial charge in [-0.3, -0.25) is 0 Å². The van der Waals surface area contributed by atoms with Gasteiger partial charge < -0.3 is 14.8 Å². The number of morpholine rings is 1. The molecule has 2 atom stereocenters. The molecule has 106 valence electrons. The molecular weight excluding hydrogens is 263 g/mol. The second-order valence-electron chi connectivity index (χ2n) is 4.26. The average Bonchev–Trinajstić information content (AvgIpc) is 2.36. The number of alkyl halides is 3. The van der Waals surface area contributed by atoms with Crippen LogP contribution in [0.3, 0.4) is 0 Å². The Morgan fingerprint density at radius 2 is 2.26 bits per heavy atom. The van der Waals surface area contributed by atoms with E-state index in [2.05, 4.69) is 15.3 Å². The van der Waals surface area contributed by atoms with Crippen LogP contribution in [0.5, 0.6) is 6.01 Å². The van der Waals surface area contributed by atoms with Crippen molar-refractivity contribution in [3.8, 4) is 6.01 Å². The van der Waals surface area contributed by atoms with Crippen molar-refractivity contribution in [3.63, 3.8) is 0 Å². The summed E-state index contributed by atoms with van der Waals surface area (Å²) in [4.78, 5) is 6.96. The van der Waals surface area contributed by atoms with Crippen molar-refractivity contribution in [1.82, 2.24) is 15.3 Å². The van der Waals surface area contributed by atoms with Crippen LogP contribution in [0, 0.1) is 0 Å². The third kappa shape index (κ3) is 4.03. The summed E-state index contributed by atoms with van der Waals surface area (Å²) in [7, 11) is 0. The predicted molar refractivity (Wildman–Crippen MR) is 59.7 cm³/mol. The van der Waals surface area contributed by atoms with Crippen LogP contribution in [0.1, 0.15) is 12.6 Å². The Labute approximate surface area is 108 Å². The van der Waals surface area contributed by atoms with Gasteiger partial charge in [0.05, 0.1) is 6.10 Å². The zero-order chi connectivity index (χ0) is 13.9. The van der Waals surface area contributed by atoms with E-state index in [-0.39, 0.29) is 24.8 Å². The Balaban J connectivity index is 1.92. The van der Waals surface area contributed by atoms with Crippen LogP contribution in [0.15, 0.2) is 12.3 Å². The smallest absolute Gasteiger partial charge is 0.433 e. The molecule has 1 saturated heterocycles. The SMILES string of the molecule is CC1CNCC(COc2nccc(C(F)(F)F)n2)O1. The zero-order valence-electron chi connectivity index (χ0n) is 10.3. The van der Waals surface area contributed by atoms with Crippen LogP contribution in [-0.4, -0.2) is 41.9 Å². The third-order valence-corrected chi connectivity index (χ3v) is 2.55. The first-order valence-corrected chi connectivity index (χ1v) is 5.84. The van der Waals surface area contributed by atoms with E-state index in [9.17, 15) is 13.2 Å². The van der Waals surface area contributed by atoms with Gasteiger partial charge in [0.15, 0.2) is 5.69 Å². The second kappa shape index (κ2) is 5.70. The fourth-order valence-corrected chi connectivity index (χ4v) is 1.71. The Morgan fingerprint density at radius 3 is 2.95 bits per heavy atom. The van der Waals surface area contributed by atoms with Crippen LogP contribution in [0.4, 0.5) is 13.2 Å². The number of halogens is 3. The van der Waals surface area contributed by atoms with E-state index < -0.39 is 11.9 Å². The van der Waals surface area contributed by atoms with E-state index in [1.807, 2.05) is 6.92 Å². The van der Waals surface area contributed by atoms with Gasteiger partial charge in [-0.05, 0) is 13.0 Å². The molecule has 1 aliphatic rings. The summed E-state index contributed by atoms with van der Waals surface area (Å²) in [6.45, 7) is 3.35. The van der Waals surface area contributed by atoms with Gasteiger partial charge in [0.2, 0.25) is 0 Å². The number of nitrogens with zero attached hydrogens (tertiary/aromatic N) is 2. The predicted octanol–water partition coefficient (Wildman–Crippen LogP) is 1.25. The first-order valence-electron chi connectivity index (χ1n) is 5.84. The lowest BCUT2D eigenvalue weighted by Crippen LogP contribution is -2.45. The maximum Gasteiger partial charge on any atom is 0.433 e. The van der Waals surface area contributed by atoms with E-state index in [1.165, 1.54) is 0 Å². The Bertz CT molecular complexity index is 428. The molecule has 2 rings (SSSR count). The molecule has 0 amide bonds. The monoisotopic (exact) mass is 277 g/mol. The minimum Gasteiger partial charge on any atom is -0.461 e. The first-order chi connectivity index (χ1) is 8.95. The van der Waals surface area contributed by atoms with E-state index >= 15 is 0 Å². The molecule has 0 aromatic carbocycles. The molecule has 1 fully saturated rings. The van der Waals surface area contributed by atoms with E-state index in [0.29, 0.717) is 6.54 Å². The lowest BCUT2D eigenvalue weighted by Gasteiger charge is -2.28. The molecule has 0 aliphatic carbocycles. The molecule has 1 N–H and O–H groups in total. The number of aromatic nitrogens is 2. The van der Waals surface area contributed by atoms with Crippen molar-refractivity contribution >= 4 is 0 Å². The van der Waals surface area contributed by atoms with Gasteiger partial charge in [0.25, 0.3) is 0 Å². The van der Waals surface area contributed by atoms with Crippen molar-refractivity contribution in [3.05, 3.63) is 18.0 Å². The summed E-state index contributed by atoms with van der Waals surface area (Å²) in [5.74, 6) is 0. The number of rotatable bonds is 3. The topological polar surface area (TPSA) is 56.3 Å². The Kier molecular flexibility index (Phi) is 4.20. The first kappa shape index (κ1) is 14.0. The summed E-state index contributed by atoms with van der Waals surface area (Å²) in [6, 6.07) is 0.504. The summed E-state index contributed by atoms with van der Waals surface area (Å²) < 4.78 is 48.0. The molecule has 2 unspecified atom stereocenters. The molecule has 2 heterocycles. The van der Waals surface area contributed by atoms with E-state index in [4.69, 9.17) is 9.47 Å². The number of hydrogen-bond acceptors (Lipinski definition) is 5. The van der Waals surface area contributed by atoms with Crippen LogP contribution in [0.2, 0.25) is 0 Å². The molecular formula is C11H14F3N3O2. The number of hydrogen-bond donors (Lipinski definition) is 1. The van der Waals surface area contributed by atoms with E-state index in [1.54, 1.807) is 0 Å². The minimum atomic E-state index is -4.50. The Morgan fingerprint density at radius 1 is 1.47 bits per heavy atom. The molecule has 1 aliphatic heterocycles. The van der Waals surface area contributed by atoms with E-state index in [0.717, 1.165) is 18.8 Å². The van der Waals surface area contributed by atoms with Gasteiger partial charge in [-0.2, -0.15) is 18.2 Å². The molecule has 5 nitrogen and oxygen atoms in total. The highest BCUT2D eigenvalue weighted by atomic mass is 19.4. The van der Waals surface area contributed by atoms with Crippen molar-refractivity contribution in [2.45, 2.75) is 25.3 Å². The molecule has 0 spiro atoms. The molecule has 1 aromatic heterocycles. The van der Waals surface area contributed by atoms with Gasteiger partial charge in [-0.15, -0.1) is 0 Å². The Hall–Kier alpha value is -1.41. The molecule has 0 bridgehead atoms. The van der Waals surface area contributed by atoms with Crippen LogP contribution < -0.4 is 10.1 Å². The quantitative estimate of drug-likeness (QED) is 0.901. The summed E-state index contributed by atoms with van der Waals surface area (Å²) in [5.41, 5.74) is -1.02. The van der Waals surface area contributed by atoms with Gasteiger partial charge in [0.1, 0.15) is 12.7 Å².